The fourth-order valence-corrected chi connectivity index (χ4v) is 2.93. The van der Waals surface area contributed by atoms with E-state index in [1.807, 2.05) is 0 Å². The third-order valence-corrected chi connectivity index (χ3v) is 4.83. The van der Waals surface area contributed by atoms with Crippen LogP contribution in [0.5, 0.6) is 0 Å². The fraction of sp³-hybridized carbons (Fsp3) is 0.824. The molecule has 0 saturated heterocycles. The summed E-state index contributed by atoms with van der Waals surface area (Å²) < 4.78 is 50.1. The van der Waals surface area contributed by atoms with Gasteiger partial charge in [-0.3, -0.25) is 0 Å². The van der Waals surface area contributed by atoms with Crippen LogP contribution in [0.3, 0.4) is 0 Å². The summed E-state index contributed by atoms with van der Waals surface area (Å²) in [7, 11) is 0. The molecule has 0 bridgehead atoms. The van der Waals surface area contributed by atoms with Gasteiger partial charge in [0.05, 0.1) is 12.2 Å². The summed E-state index contributed by atoms with van der Waals surface area (Å²) in [6, 6.07) is 0. The molecule has 7 heteroatoms. The molecule has 0 amide bonds. The molecular formula is C17H27F3O4. The van der Waals surface area contributed by atoms with Crippen molar-refractivity contribution in [3.05, 3.63) is 12.2 Å². The standard InChI is InChI=1S/C17H27F3O4/c1-11(2)13(21)23-10-12-7-8-15(5,9-12)24-14(3,4)16(6,22)17(18,19)20/h12,22H,1,7-10H2,2-6H3. The van der Waals surface area contributed by atoms with Gasteiger partial charge in [-0.05, 0) is 59.8 Å². The number of hydrogen-bond donors (Lipinski definition) is 1. The van der Waals surface area contributed by atoms with Crippen LogP contribution in [0.2, 0.25) is 0 Å². The maximum absolute atomic E-state index is 13.1. The Bertz CT molecular complexity index is 497. The molecule has 1 aliphatic rings. The molecule has 0 heterocycles. The predicted molar refractivity (Wildman–Crippen MR) is 83.4 cm³/mol. The number of esters is 1. The molecule has 0 aliphatic heterocycles. The second kappa shape index (κ2) is 6.67. The Hall–Kier alpha value is -1.08. The Balaban J connectivity index is 2.72. The van der Waals surface area contributed by atoms with Crippen LogP contribution in [0.25, 0.3) is 0 Å². The van der Waals surface area contributed by atoms with Crippen LogP contribution in [0, 0.1) is 5.92 Å². The average molecular weight is 352 g/mol. The molecule has 0 aromatic carbocycles. The number of alkyl halides is 3. The third kappa shape index (κ3) is 4.51. The molecule has 3 atom stereocenters. The van der Waals surface area contributed by atoms with Gasteiger partial charge in [0, 0.05) is 5.57 Å². The van der Waals surface area contributed by atoms with Gasteiger partial charge in [-0.25, -0.2) is 4.79 Å². The quantitative estimate of drug-likeness (QED) is 0.584. The van der Waals surface area contributed by atoms with E-state index < -0.39 is 28.9 Å². The highest BCUT2D eigenvalue weighted by molar-refractivity contribution is 5.86. The molecule has 4 nitrogen and oxygen atoms in total. The Labute approximate surface area is 141 Å². The minimum atomic E-state index is -4.80. The van der Waals surface area contributed by atoms with Crippen LogP contribution in [0.15, 0.2) is 12.2 Å². The molecule has 1 rings (SSSR count). The van der Waals surface area contributed by atoms with E-state index in [9.17, 15) is 23.1 Å². The van der Waals surface area contributed by atoms with Crippen LogP contribution in [0.4, 0.5) is 13.2 Å². The molecule has 1 saturated carbocycles. The minimum absolute atomic E-state index is 0.00457. The van der Waals surface area contributed by atoms with Crippen LogP contribution in [-0.2, 0) is 14.3 Å². The van der Waals surface area contributed by atoms with Crippen molar-refractivity contribution in [1.82, 2.24) is 0 Å². The number of hydrogen-bond acceptors (Lipinski definition) is 4. The second-order valence-corrected chi connectivity index (χ2v) is 7.62. The first-order chi connectivity index (χ1) is 10.6. The molecule has 140 valence electrons. The normalized spacial score (nSPS) is 27.6. The Morgan fingerprint density at radius 2 is 1.88 bits per heavy atom. The zero-order valence-corrected chi connectivity index (χ0v) is 14.9. The monoisotopic (exact) mass is 352 g/mol. The van der Waals surface area contributed by atoms with Gasteiger partial charge in [-0.15, -0.1) is 0 Å². The molecule has 0 aromatic rings. The Morgan fingerprint density at radius 1 is 1.33 bits per heavy atom. The van der Waals surface area contributed by atoms with E-state index in [1.165, 1.54) is 13.8 Å². The van der Waals surface area contributed by atoms with Crippen molar-refractivity contribution in [2.24, 2.45) is 5.92 Å². The zero-order valence-electron chi connectivity index (χ0n) is 14.9. The highest BCUT2D eigenvalue weighted by Gasteiger charge is 2.61. The smallest absolute Gasteiger partial charge is 0.419 e. The van der Waals surface area contributed by atoms with Gasteiger partial charge in [0.15, 0.2) is 5.60 Å². The highest BCUT2D eigenvalue weighted by atomic mass is 19.4. The molecule has 1 aliphatic carbocycles. The molecule has 0 spiro atoms. The Morgan fingerprint density at radius 3 is 2.33 bits per heavy atom. The first kappa shape index (κ1) is 21.0. The lowest BCUT2D eigenvalue weighted by Gasteiger charge is -2.45. The van der Waals surface area contributed by atoms with Gasteiger partial charge < -0.3 is 14.6 Å². The number of rotatable bonds is 6. The topological polar surface area (TPSA) is 55.8 Å². The SMILES string of the molecule is C=C(C)C(=O)OCC1CCC(C)(OC(C)(C)C(C)(O)C(F)(F)F)C1. The van der Waals surface area contributed by atoms with Crippen molar-refractivity contribution < 1.29 is 32.5 Å². The first-order valence-corrected chi connectivity index (χ1v) is 7.93. The number of halogens is 3. The lowest BCUT2D eigenvalue weighted by molar-refractivity contribution is -0.327. The summed E-state index contributed by atoms with van der Waals surface area (Å²) in [6.07, 6.45) is -3.15. The van der Waals surface area contributed by atoms with Crippen LogP contribution in [-0.4, -0.2) is 40.7 Å². The van der Waals surface area contributed by atoms with Crippen LogP contribution < -0.4 is 0 Å². The fourth-order valence-electron chi connectivity index (χ4n) is 2.93. The van der Waals surface area contributed by atoms with E-state index in [0.717, 1.165) is 6.92 Å². The molecule has 24 heavy (non-hydrogen) atoms. The zero-order chi connectivity index (χ0) is 19.0. The average Bonchev–Trinajstić information content (AvgIpc) is 2.74. The molecule has 3 unspecified atom stereocenters. The molecule has 1 N–H and O–H groups in total. The number of ether oxygens (including phenoxy) is 2. The van der Waals surface area contributed by atoms with Gasteiger partial charge in [-0.1, -0.05) is 6.58 Å². The molecule has 1 fully saturated rings. The molecular weight excluding hydrogens is 325 g/mol. The number of carbonyl (C=O) groups is 1. The lowest BCUT2D eigenvalue weighted by Crippen LogP contribution is -2.61. The van der Waals surface area contributed by atoms with Crippen molar-refractivity contribution in [3.63, 3.8) is 0 Å². The van der Waals surface area contributed by atoms with Gasteiger partial charge in [-0.2, -0.15) is 13.2 Å². The summed E-state index contributed by atoms with van der Waals surface area (Å²) in [6.45, 7) is 10.1. The van der Waals surface area contributed by atoms with Gasteiger partial charge in [0.25, 0.3) is 0 Å². The van der Waals surface area contributed by atoms with Crippen molar-refractivity contribution in [1.29, 1.82) is 0 Å². The lowest BCUT2D eigenvalue weighted by atomic mass is 9.85. The van der Waals surface area contributed by atoms with E-state index in [2.05, 4.69) is 6.58 Å². The largest absolute Gasteiger partial charge is 0.462 e. The highest BCUT2D eigenvalue weighted by Crippen LogP contribution is 2.46. The first-order valence-electron chi connectivity index (χ1n) is 7.93. The molecule has 0 aromatic heterocycles. The summed E-state index contributed by atoms with van der Waals surface area (Å²) in [5.74, 6) is -0.477. The third-order valence-electron chi connectivity index (χ3n) is 4.83. The second-order valence-electron chi connectivity index (χ2n) is 7.62. The van der Waals surface area contributed by atoms with Crippen LogP contribution >= 0.6 is 0 Å². The Kier molecular flexibility index (Phi) is 5.83. The molecule has 0 radical (unpaired) electrons. The van der Waals surface area contributed by atoms with Crippen molar-refractivity contribution in [3.8, 4) is 0 Å². The van der Waals surface area contributed by atoms with E-state index in [0.29, 0.717) is 24.8 Å². The summed E-state index contributed by atoms with van der Waals surface area (Å²) in [4.78, 5) is 11.4. The summed E-state index contributed by atoms with van der Waals surface area (Å²) >= 11 is 0. The number of carbonyl (C=O) groups excluding carboxylic acids is 1. The van der Waals surface area contributed by atoms with E-state index >= 15 is 0 Å². The van der Waals surface area contributed by atoms with Crippen molar-refractivity contribution in [2.45, 2.75) is 76.9 Å². The summed E-state index contributed by atoms with van der Waals surface area (Å²) in [5, 5.41) is 9.93. The van der Waals surface area contributed by atoms with Crippen molar-refractivity contribution >= 4 is 5.97 Å². The van der Waals surface area contributed by atoms with E-state index in [1.54, 1.807) is 13.8 Å². The maximum atomic E-state index is 13.1. The van der Waals surface area contributed by atoms with Gasteiger partial charge >= 0.3 is 12.1 Å². The maximum Gasteiger partial charge on any atom is 0.419 e. The number of aliphatic hydroxyl groups is 1. The van der Waals surface area contributed by atoms with Crippen LogP contribution in [0.1, 0.15) is 53.9 Å². The van der Waals surface area contributed by atoms with Gasteiger partial charge in [0.2, 0.25) is 0 Å². The van der Waals surface area contributed by atoms with E-state index in [4.69, 9.17) is 9.47 Å². The predicted octanol–water partition coefficient (Wildman–Crippen LogP) is 3.77. The van der Waals surface area contributed by atoms with Crippen molar-refractivity contribution in [2.75, 3.05) is 6.61 Å². The summed E-state index contributed by atoms with van der Waals surface area (Å²) in [5.41, 5.74) is -5.31. The van der Waals surface area contributed by atoms with E-state index in [-0.39, 0.29) is 12.5 Å². The van der Waals surface area contributed by atoms with Gasteiger partial charge in [0.1, 0.15) is 5.60 Å². The minimum Gasteiger partial charge on any atom is -0.462 e.